The molecule has 0 spiro atoms. The van der Waals surface area contributed by atoms with E-state index in [0.29, 0.717) is 24.9 Å². The second kappa shape index (κ2) is 6.07. The van der Waals surface area contributed by atoms with Gasteiger partial charge in [0.2, 0.25) is 5.91 Å². The molecule has 3 N–H and O–H groups in total. The average Bonchev–Trinajstić information content (AvgIpc) is 2.31. The second-order valence-corrected chi connectivity index (χ2v) is 3.51. The van der Waals surface area contributed by atoms with Gasteiger partial charge in [-0.2, -0.15) is 0 Å². The molecule has 0 atom stereocenters. The van der Waals surface area contributed by atoms with E-state index in [-0.39, 0.29) is 18.0 Å². The number of hydrogen-bond acceptors (Lipinski definition) is 3. The van der Waals surface area contributed by atoms with E-state index in [1.165, 1.54) is 0 Å². The van der Waals surface area contributed by atoms with Crippen LogP contribution in [-0.4, -0.2) is 17.5 Å². The van der Waals surface area contributed by atoms with Crippen LogP contribution in [0.3, 0.4) is 0 Å². The van der Waals surface area contributed by atoms with E-state index in [4.69, 9.17) is 5.73 Å². The number of nitrogens with one attached hydrogen (secondary N) is 1. The first-order chi connectivity index (χ1) is 7.69. The number of aryl methyl sites for hydroxylation is 1. The standard InChI is InChI=1S/C11H17N3O2/c1-13-10(15)5-3-7-14-6-2-4-9(8-12)11(14)16/h2,4,6H,3,5,7-8,12H2,1H3,(H,13,15). The van der Waals surface area contributed by atoms with Crippen LogP contribution in [0, 0.1) is 0 Å². The van der Waals surface area contributed by atoms with Gasteiger partial charge in [-0.1, -0.05) is 6.07 Å². The quantitative estimate of drug-likeness (QED) is 0.727. The van der Waals surface area contributed by atoms with E-state index in [0.717, 1.165) is 0 Å². The number of pyridine rings is 1. The minimum atomic E-state index is -0.0677. The van der Waals surface area contributed by atoms with Crippen molar-refractivity contribution < 1.29 is 4.79 Å². The summed E-state index contributed by atoms with van der Waals surface area (Å²) in [4.78, 5) is 22.7. The molecule has 1 amide bonds. The number of nitrogens with two attached hydrogens (primary N) is 1. The predicted molar refractivity (Wildman–Crippen MR) is 61.9 cm³/mol. The Morgan fingerprint density at radius 1 is 1.56 bits per heavy atom. The van der Waals surface area contributed by atoms with E-state index in [1.807, 2.05) is 0 Å². The van der Waals surface area contributed by atoms with Gasteiger partial charge in [0, 0.05) is 38.3 Å². The van der Waals surface area contributed by atoms with Gasteiger partial charge in [0.15, 0.2) is 0 Å². The van der Waals surface area contributed by atoms with Crippen molar-refractivity contribution in [1.82, 2.24) is 9.88 Å². The van der Waals surface area contributed by atoms with Crippen LogP contribution in [0.5, 0.6) is 0 Å². The first kappa shape index (κ1) is 12.4. The summed E-state index contributed by atoms with van der Waals surface area (Å²) >= 11 is 0. The van der Waals surface area contributed by atoms with Gasteiger partial charge in [0.1, 0.15) is 0 Å². The Hall–Kier alpha value is -1.62. The summed E-state index contributed by atoms with van der Waals surface area (Å²) in [7, 11) is 1.60. The molecule has 1 heterocycles. The van der Waals surface area contributed by atoms with E-state index >= 15 is 0 Å². The van der Waals surface area contributed by atoms with Crippen LogP contribution in [0.15, 0.2) is 23.1 Å². The van der Waals surface area contributed by atoms with E-state index in [9.17, 15) is 9.59 Å². The highest BCUT2D eigenvalue weighted by molar-refractivity contribution is 5.75. The molecule has 1 rings (SSSR count). The van der Waals surface area contributed by atoms with Crippen LogP contribution < -0.4 is 16.6 Å². The molecule has 1 aromatic heterocycles. The molecule has 5 heteroatoms. The van der Waals surface area contributed by atoms with Crippen LogP contribution >= 0.6 is 0 Å². The number of carbonyl (C=O) groups is 1. The number of rotatable bonds is 5. The van der Waals surface area contributed by atoms with Crippen molar-refractivity contribution in [3.63, 3.8) is 0 Å². The molecule has 0 radical (unpaired) electrons. The van der Waals surface area contributed by atoms with Crippen molar-refractivity contribution in [3.05, 3.63) is 34.2 Å². The molecule has 0 saturated carbocycles. The number of aromatic nitrogens is 1. The lowest BCUT2D eigenvalue weighted by atomic mass is 10.2. The lowest BCUT2D eigenvalue weighted by Gasteiger charge is -2.06. The zero-order valence-electron chi connectivity index (χ0n) is 9.40. The molecule has 0 unspecified atom stereocenters. The Labute approximate surface area is 94.3 Å². The summed E-state index contributed by atoms with van der Waals surface area (Å²) in [5.74, 6) is -0.0111. The summed E-state index contributed by atoms with van der Waals surface area (Å²) in [6.45, 7) is 0.787. The van der Waals surface area contributed by atoms with Gasteiger partial charge in [0.25, 0.3) is 5.56 Å². The SMILES string of the molecule is CNC(=O)CCCn1cccc(CN)c1=O. The minimum Gasteiger partial charge on any atom is -0.359 e. The fourth-order valence-corrected chi connectivity index (χ4v) is 1.45. The first-order valence-corrected chi connectivity index (χ1v) is 5.28. The Kier molecular flexibility index (Phi) is 4.72. The van der Waals surface area contributed by atoms with Gasteiger partial charge in [-0.3, -0.25) is 9.59 Å². The van der Waals surface area contributed by atoms with Crippen LogP contribution in [0.1, 0.15) is 18.4 Å². The van der Waals surface area contributed by atoms with Crippen molar-refractivity contribution in [2.24, 2.45) is 5.73 Å². The normalized spacial score (nSPS) is 10.1. The average molecular weight is 223 g/mol. The van der Waals surface area contributed by atoms with Crippen LogP contribution in [0.4, 0.5) is 0 Å². The molecule has 0 saturated heterocycles. The van der Waals surface area contributed by atoms with Crippen molar-refractivity contribution in [1.29, 1.82) is 0 Å². The van der Waals surface area contributed by atoms with Crippen LogP contribution in [0.25, 0.3) is 0 Å². The monoisotopic (exact) mass is 223 g/mol. The molecule has 5 nitrogen and oxygen atoms in total. The zero-order valence-corrected chi connectivity index (χ0v) is 9.40. The lowest BCUT2D eigenvalue weighted by molar-refractivity contribution is -0.120. The summed E-state index contributed by atoms with van der Waals surface area (Å²) in [6.07, 6.45) is 2.79. The third-order valence-electron chi connectivity index (χ3n) is 2.40. The van der Waals surface area contributed by atoms with Crippen molar-refractivity contribution in [2.45, 2.75) is 25.9 Å². The molecule has 0 aliphatic heterocycles. The van der Waals surface area contributed by atoms with Crippen LogP contribution in [0.2, 0.25) is 0 Å². The van der Waals surface area contributed by atoms with E-state index in [2.05, 4.69) is 5.32 Å². The number of hydrogen-bond donors (Lipinski definition) is 2. The van der Waals surface area contributed by atoms with Gasteiger partial charge in [-0.05, 0) is 12.5 Å². The molecule has 0 fully saturated rings. The molecule has 0 aliphatic carbocycles. The van der Waals surface area contributed by atoms with Gasteiger partial charge in [-0.15, -0.1) is 0 Å². The Morgan fingerprint density at radius 2 is 2.31 bits per heavy atom. The number of nitrogens with zero attached hydrogens (tertiary/aromatic N) is 1. The summed E-state index contributed by atoms with van der Waals surface area (Å²) in [5, 5.41) is 2.54. The van der Waals surface area contributed by atoms with Crippen LogP contribution in [-0.2, 0) is 17.9 Å². The molecule has 16 heavy (non-hydrogen) atoms. The van der Waals surface area contributed by atoms with Gasteiger partial charge in [0.05, 0.1) is 0 Å². The second-order valence-electron chi connectivity index (χ2n) is 3.51. The highest BCUT2D eigenvalue weighted by atomic mass is 16.1. The van der Waals surface area contributed by atoms with E-state index < -0.39 is 0 Å². The summed E-state index contributed by atoms with van der Waals surface area (Å²) < 4.78 is 1.59. The van der Waals surface area contributed by atoms with Crippen molar-refractivity contribution in [3.8, 4) is 0 Å². The topological polar surface area (TPSA) is 77.1 Å². The maximum Gasteiger partial charge on any atom is 0.255 e. The maximum absolute atomic E-state index is 11.7. The molecule has 0 bridgehead atoms. The third-order valence-corrected chi connectivity index (χ3v) is 2.40. The highest BCUT2D eigenvalue weighted by Gasteiger charge is 2.02. The van der Waals surface area contributed by atoms with E-state index in [1.54, 1.807) is 29.9 Å². The highest BCUT2D eigenvalue weighted by Crippen LogP contribution is 1.95. The fourth-order valence-electron chi connectivity index (χ4n) is 1.45. The Balaban J connectivity index is 2.61. The molecule has 88 valence electrons. The molecule has 0 aromatic carbocycles. The number of carbonyl (C=O) groups excluding carboxylic acids is 1. The fraction of sp³-hybridized carbons (Fsp3) is 0.455. The smallest absolute Gasteiger partial charge is 0.255 e. The first-order valence-electron chi connectivity index (χ1n) is 5.28. The number of amides is 1. The largest absolute Gasteiger partial charge is 0.359 e. The molecular weight excluding hydrogens is 206 g/mol. The summed E-state index contributed by atoms with van der Waals surface area (Å²) in [5.41, 5.74) is 5.97. The Bertz CT molecular complexity index is 412. The lowest BCUT2D eigenvalue weighted by Crippen LogP contribution is -2.25. The minimum absolute atomic E-state index is 0.0111. The predicted octanol–water partition coefficient (Wildman–Crippen LogP) is -0.167. The zero-order chi connectivity index (χ0) is 12.0. The molecular formula is C11H17N3O2. The van der Waals surface area contributed by atoms with Crippen molar-refractivity contribution in [2.75, 3.05) is 7.05 Å². The van der Waals surface area contributed by atoms with Gasteiger partial charge >= 0.3 is 0 Å². The molecule has 0 aliphatic rings. The van der Waals surface area contributed by atoms with Crippen molar-refractivity contribution >= 4 is 5.91 Å². The summed E-state index contributed by atoms with van der Waals surface area (Å²) in [6, 6.07) is 3.51. The third kappa shape index (κ3) is 3.20. The Morgan fingerprint density at radius 3 is 2.94 bits per heavy atom. The molecule has 1 aromatic rings. The van der Waals surface area contributed by atoms with Gasteiger partial charge in [-0.25, -0.2) is 0 Å². The maximum atomic E-state index is 11.7. The van der Waals surface area contributed by atoms with Gasteiger partial charge < -0.3 is 15.6 Å².